The first-order chi connectivity index (χ1) is 9.70. The molecule has 0 aromatic heterocycles. The van der Waals surface area contributed by atoms with Crippen molar-refractivity contribution in [2.75, 3.05) is 26.2 Å². The molecule has 0 aliphatic carbocycles. The summed E-state index contributed by atoms with van der Waals surface area (Å²) in [5.41, 5.74) is 7.17. The maximum Gasteiger partial charge on any atom is 0.119 e. The van der Waals surface area contributed by atoms with E-state index in [2.05, 4.69) is 30.9 Å². The second-order valence-electron chi connectivity index (χ2n) is 5.98. The summed E-state index contributed by atoms with van der Waals surface area (Å²) in [7, 11) is 0. The summed E-state index contributed by atoms with van der Waals surface area (Å²) in [6, 6.07) is 8.81. The summed E-state index contributed by atoms with van der Waals surface area (Å²) in [5.74, 6) is 1.71. The Balaban J connectivity index is 1.72. The fraction of sp³-hybridized carbons (Fsp3) is 0.647. The fourth-order valence-electron chi connectivity index (χ4n) is 3.16. The van der Waals surface area contributed by atoms with Crippen molar-refractivity contribution in [3.63, 3.8) is 0 Å². The molecule has 0 saturated carbocycles. The van der Waals surface area contributed by atoms with E-state index >= 15 is 0 Å². The van der Waals surface area contributed by atoms with Crippen molar-refractivity contribution in [2.45, 2.75) is 39.2 Å². The number of hydrogen-bond donors (Lipinski definition) is 1. The van der Waals surface area contributed by atoms with E-state index in [0.717, 1.165) is 37.8 Å². The van der Waals surface area contributed by atoms with Gasteiger partial charge in [0.25, 0.3) is 0 Å². The van der Waals surface area contributed by atoms with Crippen LogP contribution in [-0.2, 0) is 0 Å². The molecular formula is C17H28N2O. The van der Waals surface area contributed by atoms with E-state index in [1.807, 2.05) is 12.1 Å². The van der Waals surface area contributed by atoms with Gasteiger partial charge in [-0.1, -0.05) is 19.1 Å². The van der Waals surface area contributed by atoms with Gasteiger partial charge in [-0.2, -0.15) is 0 Å². The van der Waals surface area contributed by atoms with Crippen molar-refractivity contribution in [1.29, 1.82) is 0 Å². The third-order valence-corrected chi connectivity index (χ3v) is 4.32. The number of benzene rings is 1. The lowest BCUT2D eigenvalue weighted by atomic mass is 9.91. The van der Waals surface area contributed by atoms with Gasteiger partial charge in [0.1, 0.15) is 5.75 Å². The standard InChI is InChI=1S/C17H28N2O/c1-14-6-3-8-16(12-14)20-11-5-10-19-9-4-7-15(2)17(19)13-18/h3,6,8,12,15,17H,4-5,7,9-11,13,18H2,1-2H3. The lowest BCUT2D eigenvalue weighted by Gasteiger charge is -2.39. The van der Waals surface area contributed by atoms with Gasteiger partial charge >= 0.3 is 0 Å². The predicted molar refractivity (Wildman–Crippen MR) is 84.1 cm³/mol. The van der Waals surface area contributed by atoms with Gasteiger partial charge in [0.15, 0.2) is 0 Å². The Morgan fingerprint density at radius 2 is 2.25 bits per heavy atom. The molecule has 1 fully saturated rings. The maximum absolute atomic E-state index is 5.92. The van der Waals surface area contributed by atoms with Crippen molar-refractivity contribution in [1.82, 2.24) is 4.90 Å². The minimum atomic E-state index is 0.558. The summed E-state index contributed by atoms with van der Waals surface area (Å²) < 4.78 is 5.82. The Hall–Kier alpha value is -1.06. The quantitative estimate of drug-likeness (QED) is 0.812. The molecule has 20 heavy (non-hydrogen) atoms. The van der Waals surface area contributed by atoms with E-state index in [-0.39, 0.29) is 0 Å². The van der Waals surface area contributed by atoms with Gasteiger partial charge in [-0.05, 0) is 56.3 Å². The topological polar surface area (TPSA) is 38.5 Å². The Kier molecular flexibility index (Phi) is 5.86. The molecule has 3 heteroatoms. The zero-order valence-electron chi connectivity index (χ0n) is 12.8. The maximum atomic E-state index is 5.92. The van der Waals surface area contributed by atoms with Crippen LogP contribution < -0.4 is 10.5 Å². The predicted octanol–water partition coefficient (Wildman–Crippen LogP) is 2.82. The SMILES string of the molecule is Cc1cccc(OCCCN2CCCC(C)C2CN)c1. The molecule has 1 aromatic carbocycles. The highest BCUT2D eigenvalue weighted by molar-refractivity contribution is 5.27. The molecule has 1 aromatic rings. The van der Waals surface area contributed by atoms with Crippen molar-refractivity contribution in [2.24, 2.45) is 11.7 Å². The Labute approximate surface area is 123 Å². The number of piperidine rings is 1. The molecule has 2 rings (SSSR count). The van der Waals surface area contributed by atoms with Crippen LogP contribution in [0.5, 0.6) is 5.75 Å². The first-order valence-electron chi connectivity index (χ1n) is 7.84. The van der Waals surface area contributed by atoms with Crippen molar-refractivity contribution in [3.8, 4) is 5.75 Å². The van der Waals surface area contributed by atoms with Crippen LogP contribution in [0.3, 0.4) is 0 Å². The van der Waals surface area contributed by atoms with Crippen LogP contribution in [0.2, 0.25) is 0 Å². The fourth-order valence-corrected chi connectivity index (χ4v) is 3.16. The minimum absolute atomic E-state index is 0.558. The first kappa shape index (κ1) is 15.3. The highest BCUT2D eigenvalue weighted by atomic mass is 16.5. The van der Waals surface area contributed by atoms with Crippen LogP contribution in [0.15, 0.2) is 24.3 Å². The number of hydrogen-bond acceptors (Lipinski definition) is 3. The summed E-state index contributed by atoms with van der Waals surface area (Å²) >= 11 is 0. The summed E-state index contributed by atoms with van der Waals surface area (Å²) in [6.45, 7) is 8.26. The lowest BCUT2D eigenvalue weighted by molar-refractivity contribution is 0.0995. The van der Waals surface area contributed by atoms with Crippen LogP contribution in [-0.4, -0.2) is 37.2 Å². The smallest absolute Gasteiger partial charge is 0.119 e. The van der Waals surface area contributed by atoms with Gasteiger partial charge in [-0.15, -0.1) is 0 Å². The molecule has 0 spiro atoms. The zero-order chi connectivity index (χ0) is 14.4. The number of rotatable bonds is 6. The van der Waals surface area contributed by atoms with E-state index in [1.165, 1.54) is 24.9 Å². The minimum Gasteiger partial charge on any atom is -0.494 e. The highest BCUT2D eigenvalue weighted by Crippen LogP contribution is 2.22. The molecular weight excluding hydrogens is 248 g/mol. The van der Waals surface area contributed by atoms with Gasteiger partial charge in [0.05, 0.1) is 6.61 Å². The Morgan fingerprint density at radius 1 is 1.40 bits per heavy atom. The normalized spacial score (nSPS) is 23.8. The van der Waals surface area contributed by atoms with E-state index in [0.29, 0.717) is 6.04 Å². The van der Waals surface area contributed by atoms with Gasteiger partial charge < -0.3 is 10.5 Å². The van der Waals surface area contributed by atoms with E-state index in [4.69, 9.17) is 10.5 Å². The van der Waals surface area contributed by atoms with Crippen molar-refractivity contribution in [3.05, 3.63) is 29.8 Å². The van der Waals surface area contributed by atoms with Gasteiger partial charge in [0.2, 0.25) is 0 Å². The van der Waals surface area contributed by atoms with Gasteiger partial charge in [-0.25, -0.2) is 0 Å². The molecule has 1 heterocycles. The largest absolute Gasteiger partial charge is 0.494 e. The second kappa shape index (κ2) is 7.65. The zero-order valence-corrected chi connectivity index (χ0v) is 12.8. The Morgan fingerprint density at radius 3 is 3.00 bits per heavy atom. The van der Waals surface area contributed by atoms with Gasteiger partial charge in [0, 0.05) is 19.1 Å². The number of aryl methyl sites for hydroxylation is 1. The Bertz CT molecular complexity index is 408. The molecule has 2 N–H and O–H groups in total. The highest BCUT2D eigenvalue weighted by Gasteiger charge is 2.26. The van der Waals surface area contributed by atoms with Crippen LogP contribution in [0, 0.1) is 12.8 Å². The molecule has 2 atom stereocenters. The number of nitrogens with two attached hydrogens (primary N) is 1. The summed E-state index contributed by atoms with van der Waals surface area (Å²) in [4.78, 5) is 2.55. The monoisotopic (exact) mass is 276 g/mol. The van der Waals surface area contributed by atoms with E-state index < -0.39 is 0 Å². The van der Waals surface area contributed by atoms with Crippen LogP contribution in [0.25, 0.3) is 0 Å². The number of likely N-dealkylation sites (tertiary alicyclic amines) is 1. The molecule has 1 aliphatic heterocycles. The molecule has 2 unspecified atom stereocenters. The molecule has 112 valence electrons. The summed E-state index contributed by atoms with van der Waals surface area (Å²) in [5, 5.41) is 0. The van der Waals surface area contributed by atoms with Crippen LogP contribution >= 0.6 is 0 Å². The lowest BCUT2D eigenvalue weighted by Crippen LogP contribution is -2.49. The third kappa shape index (κ3) is 4.22. The molecule has 0 radical (unpaired) electrons. The molecule has 0 bridgehead atoms. The van der Waals surface area contributed by atoms with Crippen molar-refractivity contribution < 1.29 is 4.74 Å². The van der Waals surface area contributed by atoms with Crippen molar-refractivity contribution >= 4 is 0 Å². The second-order valence-corrected chi connectivity index (χ2v) is 5.98. The van der Waals surface area contributed by atoms with Crippen LogP contribution in [0.4, 0.5) is 0 Å². The molecule has 3 nitrogen and oxygen atoms in total. The third-order valence-electron chi connectivity index (χ3n) is 4.32. The number of nitrogens with zero attached hydrogens (tertiary/aromatic N) is 1. The average molecular weight is 276 g/mol. The first-order valence-corrected chi connectivity index (χ1v) is 7.84. The van der Waals surface area contributed by atoms with E-state index in [1.54, 1.807) is 0 Å². The average Bonchev–Trinajstić information content (AvgIpc) is 2.44. The summed E-state index contributed by atoms with van der Waals surface area (Å²) in [6.07, 6.45) is 3.69. The van der Waals surface area contributed by atoms with Crippen LogP contribution in [0.1, 0.15) is 31.7 Å². The molecule has 1 saturated heterocycles. The number of ether oxygens (including phenoxy) is 1. The molecule has 1 aliphatic rings. The van der Waals surface area contributed by atoms with Gasteiger partial charge in [-0.3, -0.25) is 4.90 Å². The van der Waals surface area contributed by atoms with E-state index in [9.17, 15) is 0 Å². The molecule has 0 amide bonds.